The van der Waals surface area contributed by atoms with E-state index in [9.17, 15) is 9.59 Å². The molecule has 7 heteroatoms. The molecule has 126 valence electrons. The van der Waals surface area contributed by atoms with Gasteiger partial charge in [0.2, 0.25) is 5.91 Å². The monoisotopic (exact) mass is 336 g/mol. The van der Waals surface area contributed by atoms with E-state index in [1.54, 1.807) is 7.05 Å². The molecule has 4 fully saturated rings. The summed E-state index contributed by atoms with van der Waals surface area (Å²) in [7, 11) is 1.66. The van der Waals surface area contributed by atoms with Crippen LogP contribution in [0.5, 0.6) is 0 Å². The Morgan fingerprint density at radius 1 is 1.30 bits per heavy atom. The Hall–Kier alpha value is -1.24. The van der Waals surface area contributed by atoms with Gasteiger partial charge in [0.25, 0.3) is 0 Å². The fourth-order valence-corrected chi connectivity index (χ4v) is 6.10. The summed E-state index contributed by atoms with van der Waals surface area (Å²) in [4.78, 5) is 24.1. The van der Waals surface area contributed by atoms with Gasteiger partial charge in [-0.05, 0) is 63.2 Å². The van der Waals surface area contributed by atoms with Crippen molar-refractivity contribution in [1.82, 2.24) is 20.1 Å². The molecule has 5 rings (SSSR count). The molecule has 1 heterocycles. The Kier molecular flexibility index (Phi) is 3.59. The summed E-state index contributed by atoms with van der Waals surface area (Å²) in [5.74, 6) is 2.53. The quantitative estimate of drug-likeness (QED) is 0.820. The fraction of sp³-hybridized carbons (Fsp3) is 0.812. The molecule has 4 aliphatic carbocycles. The molecule has 0 aliphatic heterocycles. The van der Waals surface area contributed by atoms with Crippen molar-refractivity contribution in [1.29, 1.82) is 0 Å². The van der Waals surface area contributed by atoms with E-state index in [0.29, 0.717) is 5.16 Å². The first-order valence-corrected chi connectivity index (χ1v) is 9.42. The third-order valence-corrected chi connectivity index (χ3v) is 7.06. The molecule has 0 radical (unpaired) electrons. The van der Waals surface area contributed by atoms with E-state index in [2.05, 4.69) is 15.5 Å². The SMILES string of the molecule is C[C@H](Sc1n[nH]c(=O)n1C)C(=O)NC12CC3CC(CC(C3)C1)C2. The highest BCUT2D eigenvalue weighted by Gasteiger charge is 2.51. The molecule has 6 nitrogen and oxygen atoms in total. The molecule has 2 N–H and O–H groups in total. The number of aromatic amines is 1. The Bertz CT molecular complexity index is 645. The van der Waals surface area contributed by atoms with Gasteiger partial charge in [0.1, 0.15) is 0 Å². The van der Waals surface area contributed by atoms with E-state index in [4.69, 9.17) is 0 Å². The number of H-pyrrole nitrogens is 1. The smallest absolute Gasteiger partial charge is 0.343 e. The number of nitrogens with zero attached hydrogens (tertiary/aromatic N) is 2. The van der Waals surface area contributed by atoms with Gasteiger partial charge < -0.3 is 5.32 Å². The van der Waals surface area contributed by atoms with E-state index in [1.807, 2.05) is 6.92 Å². The number of rotatable bonds is 4. The van der Waals surface area contributed by atoms with Crippen molar-refractivity contribution in [3.05, 3.63) is 10.5 Å². The molecule has 4 bridgehead atoms. The van der Waals surface area contributed by atoms with E-state index in [0.717, 1.165) is 37.0 Å². The number of nitrogens with one attached hydrogen (secondary N) is 2. The number of carbonyl (C=O) groups is 1. The predicted octanol–water partition coefficient (Wildman–Crippen LogP) is 1.67. The maximum absolute atomic E-state index is 12.7. The number of carbonyl (C=O) groups excluding carboxylic acids is 1. The zero-order chi connectivity index (χ0) is 16.2. The molecule has 1 amide bonds. The van der Waals surface area contributed by atoms with Gasteiger partial charge in [-0.1, -0.05) is 11.8 Å². The topological polar surface area (TPSA) is 79.8 Å². The first-order valence-electron chi connectivity index (χ1n) is 8.54. The Morgan fingerprint density at radius 3 is 2.35 bits per heavy atom. The molecular weight excluding hydrogens is 312 g/mol. The van der Waals surface area contributed by atoms with Crippen molar-refractivity contribution in [3.8, 4) is 0 Å². The molecule has 0 spiro atoms. The number of aromatic nitrogens is 3. The van der Waals surface area contributed by atoms with Crippen LogP contribution in [0.4, 0.5) is 0 Å². The molecular formula is C16H24N4O2S. The van der Waals surface area contributed by atoms with E-state index in [-0.39, 0.29) is 22.4 Å². The zero-order valence-electron chi connectivity index (χ0n) is 13.7. The number of amides is 1. The average molecular weight is 336 g/mol. The molecule has 4 saturated carbocycles. The molecule has 1 atom stereocenters. The molecule has 4 aliphatic rings. The first-order chi connectivity index (χ1) is 10.9. The highest BCUT2D eigenvalue weighted by molar-refractivity contribution is 8.00. The minimum atomic E-state index is -0.253. The maximum atomic E-state index is 12.7. The summed E-state index contributed by atoms with van der Waals surface area (Å²) in [6, 6.07) is 0. The average Bonchev–Trinajstić information content (AvgIpc) is 2.77. The van der Waals surface area contributed by atoms with E-state index >= 15 is 0 Å². The van der Waals surface area contributed by atoms with Crippen LogP contribution in [0.15, 0.2) is 9.95 Å². The van der Waals surface area contributed by atoms with Crippen LogP contribution in [0.2, 0.25) is 0 Å². The van der Waals surface area contributed by atoms with Crippen molar-refractivity contribution >= 4 is 17.7 Å². The van der Waals surface area contributed by atoms with E-state index < -0.39 is 0 Å². The largest absolute Gasteiger partial charge is 0.350 e. The summed E-state index contributed by atoms with van der Waals surface area (Å²) in [6.07, 6.45) is 7.58. The molecule has 1 aromatic rings. The predicted molar refractivity (Wildman–Crippen MR) is 88.2 cm³/mol. The Labute approximate surface area is 139 Å². The minimum Gasteiger partial charge on any atom is -0.350 e. The highest BCUT2D eigenvalue weighted by Crippen LogP contribution is 2.55. The van der Waals surface area contributed by atoms with E-state index in [1.165, 1.54) is 35.6 Å². The zero-order valence-corrected chi connectivity index (χ0v) is 14.5. The van der Waals surface area contributed by atoms with Gasteiger partial charge in [0, 0.05) is 12.6 Å². The molecule has 0 saturated heterocycles. The molecule has 1 aromatic heterocycles. The number of hydrogen-bond acceptors (Lipinski definition) is 4. The minimum absolute atomic E-state index is 0.0398. The third-order valence-electron chi connectivity index (χ3n) is 5.92. The molecule has 23 heavy (non-hydrogen) atoms. The summed E-state index contributed by atoms with van der Waals surface area (Å²) in [5, 5.41) is 10.1. The third kappa shape index (κ3) is 2.73. The lowest BCUT2D eigenvalue weighted by Gasteiger charge is -2.57. The van der Waals surface area contributed by atoms with Gasteiger partial charge in [0.05, 0.1) is 5.25 Å². The van der Waals surface area contributed by atoms with Crippen molar-refractivity contribution in [3.63, 3.8) is 0 Å². The second kappa shape index (κ2) is 5.40. The van der Waals surface area contributed by atoms with Crippen molar-refractivity contribution in [2.45, 2.75) is 61.4 Å². The lowest BCUT2D eigenvalue weighted by molar-refractivity contribution is -0.126. The van der Waals surface area contributed by atoms with Gasteiger partial charge in [-0.25, -0.2) is 9.89 Å². The summed E-state index contributed by atoms with van der Waals surface area (Å²) in [6.45, 7) is 1.89. The lowest BCUT2D eigenvalue weighted by atomic mass is 9.53. The molecule has 0 unspecified atom stereocenters. The van der Waals surface area contributed by atoms with Crippen molar-refractivity contribution < 1.29 is 4.79 Å². The highest BCUT2D eigenvalue weighted by atomic mass is 32.2. The van der Waals surface area contributed by atoms with Gasteiger partial charge in [-0.15, -0.1) is 5.10 Å². The van der Waals surface area contributed by atoms with Crippen LogP contribution in [0.25, 0.3) is 0 Å². The van der Waals surface area contributed by atoms with Crippen LogP contribution in [0.3, 0.4) is 0 Å². The summed E-state index contributed by atoms with van der Waals surface area (Å²) in [5.41, 5.74) is -0.209. The van der Waals surface area contributed by atoms with Gasteiger partial charge in [-0.2, -0.15) is 0 Å². The van der Waals surface area contributed by atoms with Crippen LogP contribution in [0, 0.1) is 17.8 Å². The summed E-state index contributed by atoms with van der Waals surface area (Å²) < 4.78 is 1.44. The van der Waals surface area contributed by atoms with Gasteiger partial charge >= 0.3 is 5.69 Å². The Morgan fingerprint density at radius 2 is 1.87 bits per heavy atom. The van der Waals surface area contributed by atoms with Crippen LogP contribution in [0.1, 0.15) is 45.4 Å². The second-order valence-electron chi connectivity index (χ2n) is 7.82. The van der Waals surface area contributed by atoms with Crippen molar-refractivity contribution in [2.75, 3.05) is 0 Å². The maximum Gasteiger partial charge on any atom is 0.343 e. The van der Waals surface area contributed by atoms with Crippen LogP contribution >= 0.6 is 11.8 Å². The van der Waals surface area contributed by atoms with Gasteiger partial charge in [0.15, 0.2) is 5.16 Å². The number of hydrogen-bond donors (Lipinski definition) is 2. The first kappa shape index (κ1) is 15.3. The fourth-order valence-electron chi connectivity index (χ4n) is 5.28. The Balaban J connectivity index is 1.43. The standard InChI is InChI=1S/C16H24N4O2S/c1-9(23-15-19-18-14(22)20(15)2)13(21)17-16-6-10-3-11(7-16)5-12(4-10)8-16/h9-12H,3-8H2,1-2H3,(H,17,21)(H,18,22)/t9-,10?,11?,12?,16?/m0/s1. The number of thioether (sulfide) groups is 1. The molecule has 0 aromatic carbocycles. The normalized spacial score (nSPS) is 36.2. The lowest BCUT2D eigenvalue weighted by Crippen LogP contribution is -2.60. The van der Waals surface area contributed by atoms with Crippen LogP contribution in [-0.4, -0.2) is 31.5 Å². The second-order valence-corrected chi connectivity index (χ2v) is 9.13. The van der Waals surface area contributed by atoms with Crippen molar-refractivity contribution in [2.24, 2.45) is 24.8 Å². The van der Waals surface area contributed by atoms with Crippen LogP contribution < -0.4 is 11.0 Å². The van der Waals surface area contributed by atoms with Gasteiger partial charge in [-0.3, -0.25) is 9.36 Å². The summed E-state index contributed by atoms with van der Waals surface area (Å²) >= 11 is 1.34. The van der Waals surface area contributed by atoms with Crippen LogP contribution in [-0.2, 0) is 11.8 Å².